The van der Waals surface area contributed by atoms with Crippen LogP contribution in [-0.4, -0.2) is 19.3 Å². The van der Waals surface area contributed by atoms with Crippen LogP contribution in [-0.2, 0) is 13.1 Å². The van der Waals surface area contributed by atoms with Gasteiger partial charge in [0.1, 0.15) is 11.2 Å². The number of aromatic nitrogens is 4. The highest BCUT2D eigenvalue weighted by Gasteiger charge is 2.25. The van der Waals surface area contributed by atoms with E-state index in [9.17, 15) is 9.59 Å². The van der Waals surface area contributed by atoms with Crippen LogP contribution in [0.25, 0.3) is 22.2 Å². The lowest BCUT2D eigenvalue weighted by Crippen LogP contribution is -2.30. The maximum atomic E-state index is 12.8. The molecule has 4 rings (SSSR count). The summed E-state index contributed by atoms with van der Waals surface area (Å²) in [7, 11) is 0. The third-order valence-corrected chi connectivity index (χ3v) is 4.45. The first-order valence-electron chi connectivity index (χ1n) is 8.24. The van der Waals surface area contributed by atoms with Gasteiger partial charge >= 0.3 is 0 Å². The molecule has 0 aliphatic heterocycles. The van der Waals surface area contributed by atoms with Crippen LogP contribution in [0.15, 0.2) is 46.2 Å². The third kappa shape index (κ3) is 2.44. The summed E-state index contributed by atoms with van der Waals surface area (Å²) in [6.45, 7) is 2.97. The molecule has 2 aromatic heterocycles. The molecule has 0 bridgehead atoms. The van der Waals surface area contributed by atoms with Gasteiger partial charge in [-0.05, 0) is 25.7 Å². The van der Waals surface area contributed by atoms with E-state index in [-0.39, 0.29) is 16.6 Å². The Labute approximate surface area is 138 Å². The van der Waals surface area contributed by atoms with Gasteiger partial charge in [-0.15, -0.1) is 0 Å². The minimum absolute atomic E-state index is 0.208. The van der Waals surface area contributed by atoms with Crippen molar-refractivity contribution < 1.29 is 0 Å². The average molecular weight is 322 g/mol. The van der Waals surface area contributed by atoms with Crippen molar-refractivity contribution in [1.29, 1.82) is 0 Å². The molecule has 1 saturated carbocycles. The zero-order chi connectivity index (χ0) is 16.7. The second kappa shape index (κ2) is 5.70. The lowest BCUT2D eigenvalue weighted by molar-refractivity contribution is 0.539. The number of fused-ring (bicyclic) bond motifs is 1. The molecule has 0 radical (unpaired) electrons. The molecule has 1 aromatic carbocycles. The van der Waals surface area contributed by atoms with Crippen molar-refractivity contribution in [1.82, 2.24) is 19.3 Å². The first-order valence-corrected chi connectivity index (χ1v) is 8.24. The maximum absolute atomic E-state index is 12.8. The van der Waals surface area contributed by atoms with Crippen LogP contribution < -0.4 is 11.1 Å². The maximum Gasteiger partial charge on any atom is 0.293 e. The van der Waals surface area contributed by atoms with E-state index in [0.29, 0.717) is 30.1 Å². The predicted molar refractivity (Wildman–Crippen MR) is 91.9 cm³/mol. The van der Waals surface area contributed by atoms with E-state index < -0.39 is 0 Å². The zero-order valence-electron chi connectivity index (χ0n) is 13.5. The van der Waals surface area contributed by atoms with Crippen LogP contribution in [0.2, 0.25) is 0 Å². The van der Waals surface area contributed by atoms with Crippen molar-refractivity contribution in [3.05, 3.63) is 57.4 Å². The van der Waals surface area contributed by atoms with Crippen molar-refractivity contribution in [2.24, 2.45) is 5.92 Å². The second-order valence-electron chi connectivity index (χ2n) is 6.20. The lowest BCUT2D eigenvalue weighted by atomic mass is 10.1. The van der Waals surface area contributed by atoms with Gasteiger partial charge in [0.05, 0.1) is 11.7 Å². The summed E-state index contributed by atoms with van der Waals surface area (Å²) in [4.78, 5) is 29.8. The first kappa shape index (κ1) is 14.8. The highest BCUT2D eigenvalue weighted by atomic mass is 16.1. The number of hydrogen-bond donors (Lipinski definition) is 0. The summed E-state index contributed by atoms with van der Waals surface area (Å²) in [5.74, 6) is 0.507. The Morgan fingerprint density at radius 3 is 2.54 bits per heavy atom. The molecule has 2 heterocycles. The fourth-order valence-corrected chi connectivity index (χ4v) is 2.90. The average Bonchev–Trinajstić information content (AvgIpc) is 3.42. The minimum Gasteiger partial charge on any atom is -0.299 e. The molecule has 1 fully saturated rings. The topological polar surface area (TPSA) is 69.8 Å². The van der Waals surface area contributed by atoms with Crippen LogP contribution >= 0.6 is 0 Å². The van der Waals surface area contributed by atoms with Crippen LogP contribution in [0.4, 0.5) is 0 Å². The number of rotatable bonds is 4. The molecule has 0 atom stereocenters. The monoisotopic (exact) mass is 322 g/mol. The Balaban J connectivity index is 2.08. The fourth-order valence-electron chi connectivity index (χ4n) is 2.90. The molecular weight excluding hydrogens is 304 g/mol. The van der Waals surface area contributed by atoms with E-state index >= 15 is 0 Å². The van der Waals surface area contributed by atoms with Gasteiger partial charge in [-0.2, -0.15) is 5.10 Å². The largest absolute Gasteiger partial charge is 0.299 e. The Bertz CT molecular complexity index is 1020. The lowest BCUT2D eigenvalue weighted by Gasteiger charge is -2.11. The summed E-state index contributed by atoms with van der Waals surface area (Å²) in [5, 5.41) is 4.85. The van der Waals surface area contributed by atoms with E-state index in [1.54, 1.807) is 0 Å². The van der Waals surface area contributed by atoms with Crippen molar-refractivity contribution in [2.45, 2.75) is 32.9 Å². The second-order valence-corrected chi connectivity index (χ2v) is 6.20. The first-order chi connectivity index (χ1) is 11.7. The quantitative estimate of drug-likeness (QED) is 0.737. The van der Waals surface area contributed by atoms with Gasteiger partial charge in [-0.3, -0.25) is 14.2 Å². The van der Waals surface area contributed by atoms with Gasteiger partial charge in [0.15, 0.2) is 0 Å². The molecule has 0 unspecified atom stereocenters. The van der Waals surface area contributed by atoms with Crippen LogP contribution in [0.1, 0.15) is 19.8 Å². The van der Waals surface area contributed by atoms with Gasteiger partial charge in [-0.25, -0.2) is 9.67 Å². The molecule has 6 nitrogen and oxygen atoms in total. The van der Waals surface area contributed by atoms with E-state index in [2.05, 4.69) is 10.1 Å². The molecule has 6 heteroatoms. The Morgan fingerprint density at radius 2 is 1.88 bits per heavy atom. The number of benzene rings is 1. The van der Waals surface area contributed by atoms with Gasteiger partial charge in [0.2, 0.25) is 0 Å². The smallest absolute Gasteiger partial charge is 0.293 e. The predicted octanol–water partition coefficient (Wildman–Crippen LogP) is 2.05. The SMILES string of the molecule is CCn1cnc2c(=O)n(CC3CC3)nc(-c3ccccc3)c2c1=O. The van der Waals surface area contributed by atoms with Crippen LogP contribution in [0, 0.1) is 5.92 Å². The van der Waals surface area contributed by atoms with E-state index in [1.165, 1.54) is 15.6 Å². The van der Waals surface area contributed by atoms with Crippen molar-refractivity contribution in [3.8, 4) is 11.3 Å². The molecule has 24 heavy (non-hydrogen) atoms. The van der Waals surface area contributed by atoms with Crippen molar-refractivity contribution in [3.63, 3.8) is 0 Å². The Morgan fingerprint density at radius 1 is 1.12 bits per heavy atom. The van der Waals surface area contributed by atoms with Gasteiger partial charge in [0, 0.05) is 18.7 Å². The molecule has 122 valence electrons. The van der Waals surface area contributed by atoms with Crippen LogP contribution in [0.3, 0.4) is 0 Å². The number of hydrogen-bond acceptors (Lipinski definition) is 4. The van der Waals surface area contributed by atoms with E-state index in [1.807, 2.05) is 37.3 Å². The highest BCUT2D eigenvalue weighted by Crippen LogP contribution is 2.30. The standard InChI is InChI=1S/C18H18N4O2/c1-2-21-11-19-16-14(17(21)23)15(13-6-4-3-5-7-13)20-22(18(16)24)10-12-8-9-12/h3-7,11-12H,2,8-10H2,1H3. The van der Waals surface area contributed by atoms with Gasteiger partial charge in [-0.1, -0.05) is 30.3 Å². The van der Waals surface area contributed by atoms with Crippen LogP contribution in [0.5, 0.6) is 0 Å². The molecule has 0 N–H and O–H groups in total. The summed E-state index contributed by atoms with van der Waals surface area (Å²) < 4.78 is 2.98. The highest BCUT2D eigenvalue weighted by molar-refractivity contribution is 5.90. The Hall–Kier alpha value is -2.76. The summed E-state index contributed by atoms with van der Waals surface area (Å²) in [5.41, 5.74) is 1.06. The summed E-state index contributed by atoms with van der Waals surface area (Å²) >= 11 is 0. The molecular formula is C18H18N4O2. The van der Waals surface area contributed by atoms with Crippen molar-refractivity contribution >= 4 is 10.9 Å². The van der Waals surface area contributed by atoms with Gasteiger partial charge < -0.3 is 0 Å². The van der Waals surface area contributed by atoms with Crippen molar-refractivity contribution in [2.75, 3.05) is 0 Å². The molecule has 1 aliphatic carbocycles. The molecule has 0 spiro atoms. The fraction of sp³-hybridized carbons (Fsp3) is 0.333. The number of aryl methyl sites for hydroxylation is 1. The zero-order valence-corrected chi connectivity index (χ0v) is 13.5. The minimum atomic E-state index is -0.281. The summed E-state index contributed by atoms with van der Waals surface area (Å²) in [6.07, 6.45) is 3.69. The van der Waals surface area contributed by atoms with E-state index in [4.69, 9.17) is 0 Å². The van der Waals surface area contributed by atoms with Gasteiger partial charge in [0.25, 0.3) is 11.1 Å². The third-order valence-electron chi connectivity index (χ3n) is 4.45. The molecule has 0 amide bonds. The Kier molecular flexibility index (Phi) is 3.52. The summed E-state index contributed by atoms with van der Waals surface area (Å²) in [6, 6.07) is 9.50. The molecule has 1 aliphatic rings. The molecule has 0 saturated heterocycles. The normalized spacial score (nSPS) is 14.2. The number of nitrogens with zero attached hydrogens (tertiary/aromatic N) is 4. The molecule has 3 aromatic rings. The van der Waals surface area contributed by atoms with E-state index in [0.717, 1.165) is 18.4 Å².